The molecule has 0 spiro atoms. The zero-order valence-corrected chi connectivity index (χ0v) is 31.8. The fourth-order valence-corrected chi connectivity index (χ4v) is 6.06. The predicted molar refractivity (Wildman–Crippen MR) is 189 cm³/mol. The molecular weight excluding hydrogens is 646 g/mol. The van der Waals surface area contributed by atoms with Crippen LogP contribution in [0.2, 0.25) is 0 Å². The van der Waals surface area contributed by atoms with Gasteiger partial charge in [-0.2, -0.15) is 0 Å². The highest BCUT2D eigenvalue weighted by molar-refractivity contribution is 5.96. The van der Waals surface area contributed by atoms with Crippen molar-refractivity contribution in [3.63, 3.8) is 0 Å². The SMILES string of the molecule is CCCCCCC[C@H]1OC(=O)CN(C)C(=O)[C@H]([C@H](C)O)NC(=O)[C@H](CO)NC(=O)[C@H]([C@H](C)CC)NC(=O)[C@H](CCC(C)C)N(C)C(=O)[C@@H]1CC. The van der Waals surface area contributed by atoms with Gasteiger partial charge in [0.15, 0.2) is 0 Å². The third kappa shape index (κ3) is 13.8. The van der Waals surface area contributed by atoms with Gasteiger partial charge in [0.05, 0.1) is 18.6 Å². The highest BCUT2D eigenvalue weighted by atomic mass is 16.5. The Morgan fingerprint density at radius 1 is 0.800 bits per heavy atom. The summed E-state index contributed by atoms with van der Waals surface area (Å²) in [6.07, 6.45) is 4.56. The van der Waals surface area contributed by atoms with E-state index in [1.807, 2.05) is 27.7 Å². The number of nitrogens with one attached hydrogen (secondary N) is 3. The summed E-state index contributed by atoms with van der Waals surface area (Å²) < 4.78 is 5.93. The van der Waals surface area contributed by atoms with Crippen LogP contribution < -0.4 is 16.0 Å². The largest absolute Gasteiger partial charge is 0.460 e. The number of hydrogen-bond donors (Lipinski definition) is 5. The van der Waals surface area contributed by atoms with Crippen molar-refractivity contribution < 1.29 is 43.7 Å². The zero-order chi connectivity index (χ0) is 38.1. The number of rotatable bonds is 14. The van der Waals surface area contributed by atoms with E-state index in [9.17, 15) is 39.0 Å². The van der Waals surface area contributed by atoms with Crippen LogP contribution in [0.1, 0.15) is 113 Å². The van der Waals surface area contributed by atoms with Gasteiger partial charge < -0.3 is 40.7 Å². The van der Waals surface area contributed by atoms with Crippen LogP contribution in [0, 0.1) is 17.8 Å². The van der Waals surface area contributed by atoms with Crippen molar-refractivity contribution in [1.82, 2.24) is 25.8 Å². The number of esters is 1. The summed E-state index contributed by atoms with van der Waals surface area (Å²) in [5.74, 6) is -5.15. The Morgan fingerprint density at radius 3 is 1.96 bits per heavy atom. The van der Waals surface area contributed by atoms with Crippen molar-refractivity contribution in [2.75, 3.05) is 27.2 Å². The Kier molecular flexibility index (Phi) is 20.2. The van der Waals surface area contributed by atoms with Gasteiger partial charge in [-0.25, -0.2) is 0 Å². The molecule has 1 fully saturated rings. The third-order valence-corrected chi connectivity index (χ3v) is 9.61. The number of carbonyl (C=O) groups is 6. The van der Waals surface area contributed by atoms with E-state index in [2.05, 4.69) is 22.9 Å². The normalized spacial score (nSPS) is 26.7. The molecule has 14 heteroatoms. The Bertz CT molecular complexity index is 1120. The van der Waals surface area contributed by atoms with Crippen molar-refractivity contribution in [2.45, 2.75) is 149 Å². The van der Waals surface area contributed by atoms with Crippen LogP contribution in [0.4, 0.5) is 0 Å². The van der Waals surface area contributed by atoms with Crippen LogP contribution in [-0.2, 0) is 33.5 Å². The minimum Gasteiger partial charge on any atom is -0.460 e. The first-order valence-corrected chi connectivity index (χ1v) is 18.4. The van der Waals surface area contributed by atoms with Gasteiger partial charge in [0.25, 0.3) is 0 Å². The Balaban J connectivity index is 3.75. The van der Waals surface area contributed by atoms with Gasteiger partial charge in [0.2, 0.25) is 29.5 Å². The van der Waals surface area contributed by atoms with Crippen molar-refractivity contribution in [3.8, 4) is 0 Å². The number of nitrogens with zero attached hydrogens (tertiary/aromatic N) is 2. The number of unbranched alkanes of at least 4 members (excludes halogenated alkanes) is 4. The molecule has 1 saturated heterocycles. The van der Waals surface area contributed by atoms with Crippen LogP contribution in [-0.4, -0.2) is 119 Å². The van der Waals surface area contributed by atoms with E-state index < -0.39 is 91.0 Å². The molecule has 50 heavy (non-hydrogen) atoms. The number of amides is 5. The Morgan fingerprint density at radius 2 is 1.42 bits per heavy atom. The lowest BCUT2D eigenvalue weighted by molar-refractivity contribution is -0.161. The molecule has 0 aromatic heterocycles. The molecule has 0 bridgehead atoms. The van der Waals surface area contributed by atoms with Crippen LogP contribution in [0.5, 0.6) is 0 Å². The summed E-state index contributed by atoms with van der Waals surface area (Å²) in [6.45, 7) is 11.5. The first-order valence-electron chi connectivity index (χ1n) is 18.4. The van der Waals surface area contributed by atoms with E-state index in [0.29, 0.717) is 38.5 Å². The summed E-state index contributed by atoms with van der Waals surface area (Å²) in [7, 11) is 2.87. The highest BCUT2D eigenvalue weighted by Gasteiger charge is 2.39. The zero-order valence-electron chi connectivity index (χ0n) is 31.8. The molecule has 0 saturated carbocycles. The monoisotopic (exact) mass is 711 g/mol. The number of aliphatic hydroxyl groups is 2. The van der Waals surface area contributed by atoms with E-state index in [-0.39, 0.29) is 11.8 Å². The lowest BCUT2D eigenvalue weighted by Crippen LogP contribution is -2.61. The molecule has 8 atom stereocenters. The first kappa shape index (κ1) is 44.8. The first-order chi connectivity index (χ1) is 23.5. The molecule has 14 nitrogen and oxygen atoms in total. The Labute approximate surface area is 298 Å². The van der Waals surface area contributed by atoms with Gasteiger partial charge in [-0.15, -0.1) is 0 Å². The summed E-state index contributed by atoms with van der Waals surface area (Å²) >= 11 is 0. The molecule has 0 radical (unpaired) electrons. The molecule has 0 unspecified atom stereocenters. The molecule has 5 N–H and O–H groups in total. The summed E-state index contributed by atoms with van der Waals surface area (Å²) in [5.41, 5.74) is 0. The lowest BCUT2D eigenvalue weighted by Gasteiger charge is -2.35. The van der Waals surface area contributed by atoms with Crippen molar-refractivity contribution >= 4 is 35.5 Å². The van der Waals surface area contributed by atoms with E-state index in [1.54, 1.807) is 14.0 Å². The molecular formula is C36H65N5O9. The minimum absolute atomic E-state index is 0.213. The molecule has 288 valence electrons. The van der Waals surface area contributed by atoms with Gasteiger partial charge in [-0.3, -0.25) is 28.8 Å². The number of likely N-dealkylation sites (N-methyl/N-ethyl adjacent to an activating group) is 2. The number of cyclic esters (lactones) is 1. The van der Waals surface area contributed by atoms with Gasteiger partial charge in [-0.05, 0) is 50.9 Å². The maximum Gasteiger partial charge on any atom is 0.325 e. The summed E-state index contributed by atoms with van der Waals surface area (Å²) in [4.78, 5) is 84.3. The average molecular weight is 712 g/mol. The summed E-state index contributed by atoms with van der Waals surface area (Å²) in [6, 6.07) is -5.12. The maximum atomic E-state index is 14.3. The topological polar surface area (TPSA) is 195 Å². The van der Waals surface area contributed by atoms with Crippen molar-refractivity contribution in [2.24, 2.45) is 17.8 Å². The fraction of sp³-hybridized carbons (Fsp3) is 0.833. The number of carbonyl (C=O) groups excluding carboxylic acids is 6. The number of ether oxygens (including phenoxy) is 1. The van der Waals surface area contributed by atoms with Gasteiger partial charge in [0.1, 0.15) is 36.8 Å². The van der Waals surface area contributed by atoms with Crippen LogP contribution in [0.25, 0.3) is 0 Å². The second-order valence-electron chi connectivity index (χ2n) is 14.2. The van der Waals surface area contributed by atoms with E-state index in [0.717, 1.165) is 30.6 Å². The second-order valence-corrected chi connectivity index (χ2v) is 14.2. The quantitative estimate of drug-likeness (QED) is 0.132. The molecule has 1 aliphatic rings. The minimum atomic E-state index is -1.53. The van der Waals surface area contributed by atoms with E-state index in [1.165, 1.54) is 18.9 Å². The van der Waals surface area contributed by atoms with Crippen molar-refractivity contribution in [1.29, 1.82) is 0 Å². The number of aliphatic hydroxyl groups excluding tert-OH is 2. The molecule has 0 aromatic carbocycles. The fourth-order valence-electron chi connectivity index (χ4n) is 6.06. The van der Waals surface area contributed by atoms with E-state index >= 15 is 0 Å². The smallest absolute Gasteiger partial charge is 0.325 e. The van der Waals surface area contributed by atoms with Crippen LogP contribution in [0.3, 0.4) is 0 Å². The van der Waals surface area contributed by atoms with Crippen molar-refractivity contribution in [3.05, 3.63) is 0 Å². The molecule has 0 aromatic rings. The molecule has 5 amide bonds. The highest BCUT2D eigenvalue weighted by Crippen LogP contribution is 2.25. The predicted octanol–water partition coefficient (Wildman–Crippen LogP) is 1.89. The lowest BCUT2D eigenvalue weighted by atomic mass is 9.91. The molecule has 0 aliphatic carbocycles. The maximum absolute atomic E-state index is 14.3. The van der Waals surface area contributed by atoms with Gasteiger partial charge >= 0.3 is 5.97 Å². The molecule has 1 rings (SSSR count). The summed E-state index contributed by atoms with van der Waals surface area (Å²) in [5, 5.41) is 28.2. The van der Waals surface area contributed by atoms with Crippen LogP contribution in [0.15, 0.2) is 0 Å². The standard InChI is InChI=1S/C36H65N5O9/c1-10-13-14-15-16-17-28-25(12-3)35(48)41(9)27(19-18-22(4)5)33(46)38-30(23(6)11-2)34(47)37-26(21-42)32(45)39-31(24(7)43)36(49)40(8)20-29(44)50-28/h22-28,30-31,42-43H,10-21H2,1-9H3,(H,37,47)(H,38,46)(H,39,45)/t23-,24+,25-,26+,27+,28-,30+,31+/m1/s1. The third-order valence-electron chi connectivity index (χ3n) is 9.61. The Hall–Kier alpha value is -3.26. The van der Waals surface area contributed by atoms with E-state index in [4.69, 9.17) is 4.74 Å². The second kappa shape index (κ2) is 22.5. The number of hydrogen-bond acceptors (Lipinski definition) is 9. The molecule has 1 aliphatic heterocycles. The van der Waals surface area contributed by atoms with Crippen LogP contribution >= 0.6 is 0 Å². The van der Waals surface area contributed by atoms with Gasteiger partial charge in [-0.1, -0.05) is 73.6 Å². The van der Waals surface area contributed by atoms with Gasteiger partial charge in [0, 0.05) is 14.1 Å². The average Bonchev–Trinajstić information content (AvgIpc) is 3.06. The molecule has 1 heterocycles.